The van der Waals surface area contributed by atoms with Crippen LogP contribution in [0.5, 0.6) is 5.75 Å². The van der Waals surface area contributed by atoms with Crippen molar-refractivity contribution >= 4 is 0 Å². The molecule has 0 radical (unpaired) electrons. The monoisotopic (exact) mass is 498 g/mol. The zero-order valence-corrected chi connectivity index (χ0v) is 21.5. The smallest absolute Gasteiger partial charge is 0.293 e. The van der Waals surface area contributed by atoms with Gasteiger partial charge in [0.1, 0.15) is 0 Å². The molecule has 2 aliphatic rings. The van der Waals surface area contributed by atoms with Gasteiger partial charge < -0.3 is 20.1 Å². The van der Waals surface area contributed by atoms with E-state index in [0.717, 1.165) is 42.9 Å². The Kier molecular flexibility index (Phi) is 7.43. The summed E-state index contributed by atoms with van der Waals surface area (Å²) < 4.78 is 5.34. The van der Waals surface area contributed by atoms with Crippen molar-refractivity contribution in [1.29, 1.82) is 0 Å². The van der Waals surface area contributed by atoms with E-state index in [4.69, 9.17) is 4.74 Å². The maximum Gasteiger partial charge on any atom is 0.293 e. The molecule has 0 spiro atoms. The second-order valence-corrected chi connectivity index (χ2v) is 10.5. The van der Waals surface area contributed by atoms with Crippen LogP contribution in [0.2, 0.25) is 0 Å². The predicted molar refractivity (Wildman–Crippen MR) is 144 cm³/mol. The van der Waals surface area contributed by atoms with Crippen LogP contribution in [0.25, 0.3) is 0 Å². The highest BCUT2D eigenvalue weighted by Gasteiger charge is 2.32. The van der Waals surface area contributed by atoms with Gasteiger partial charge in [-0.05, 0) is 48.2 Å². The molecule has 2 fully saturated rings. The number of H-pyrrole nitrogens is 1. The fraction of sp³-hybridized carbons (Fsp3) is 0.400. The van der Waals surface area contributed by atoms with Crippen molar-refractivity contribution in [3.8, 4) is 17.6 Å². The summed E-state index contributed by atoms with van der Waals surface area (Å²) in [6, 6.07) is 17.2. The molecule has 1 atom stereocenters. The summed E-state index contributed by atoms with van der Waals surface area (Å²) in [7, 11) is 1.77. The van der Waals surface area contributed by atoms with Crippen molar-refractivity contribution in [3.63, 3.8) is 0 Å². The lowest BCUT2D eigenvalue weighted by molar-refractivity contribution is -0.0333. The molecule has 1 aliphatic carbocycles. The SMILES string of the molecule is COC1CN(Cc2ccc(C#Cc3ccc([C@](C)(CNC4CC4)Cc4nc[nH]c(=O)c4O)cc3)cc2)C1. The topological polar surface area (TPSA) is 90.5 Å². The first-order valence-electron chi connectivity index (χ1n) is 12.9. The number of aromatic nitrogens is 2. The molecule has 1 saturated heterocycles. The lowest BCUT2D eigenvalue weighted by Gasteiger charge is -2.38. The van der Waals surface area contributed by atoms with Crippen molar-refractivity contribution in [2.75, 3.05) is 26.7 Å². The first-order chi connectivity index (χ1) is 17.9. The number of hydrogen-bond donors (Lipinski definition) is 3. The van der Waals surface area contributed by atoms with Crippen LogP contribution >= 0.6 is 0 Å². The molecule has 37 heavy (non-hydrogen) atoms. The molecule has 7 heteroatoms. The lowest BCUT2D eigenvalue weighted by atomic mass is 9.78. The molecule has 1 saturated carbocycles. The number of nitrogens with zero attached hydrogens (tertiary/aromatic N) is 2. The van der Waals surface area contributed by atoms with Crippen LogP contribution < -0.4 is 10.9 Å². The highest BCUT2D eigenvalue weighted by molar-refractivity contribution is 5.45. The number of aromatic amines is 1. The Balaban J connectivity index is 1.27. The maximum atomic E-state index is 11.9. The average Bonchev–Trinajstić information content (AvgIpc) is 3.72. The number of hydrogen-bond acceptors (Lipinski definition) is 6. The summed E-state index contributed by atoms with van der Waals surface area (Å²) in [4.78, 5) is 20.9. The Labute approximate surface area is 217 Å². The molecule has 2 aromatic carbocycles. The van der Waals surface area contributed by atoms with Gasteiger partial charge in [0.25, 0.3) is 5.56 Å². The van der Waals surface area contributed by atoms with Gasteiger partial charge >= 0.3 is 0 Å². The summed E-state index contributed by atoms with van der Waals surface area (Å²) in [5, 5.41) is 13.9. The number of methoxy groups -OCH3 is 1. The molecule has 1 aromatic heterocycles. The summed E-state index contributed by atoms with van der Waals surface area (Å²) in [6.45, 7) is 5.79. The van der Waals surface area contributed by atoms with E-state index >= 15 is 0 Å². The Morgan fingerprint density at radius 1 is 1.11 bits per heavy atom. The first kappa shape index (κ1) is 25.2. The molecule has 1 aliphatic heterocycles. The molecule has 3 N–H and O–H groups in total. The van der Waals surface area contributed by atoms with E-state index in [1.807, 2.05) is 12.1 Å². The second kappa shape index (κ2) is 10.9. The van der Waals surface area contributed by atoms with E-state index in [0.29, 0.717) is 24.3 Å². The zero-order valence-electron chi connectivity index (χ0n) is 21.5. The highest BCUT2D eigenvalue weighted by atomic mass is 16.5. The van der Waals surface area contributed by atoms with Gasteiger partial charge in [0.15, 0.2) is 0 Å². The number of likely N-dealkylation sites (tertiary alicyclic amines) is 1. The third kappa shape index (κ3) is 6.28. The third-order valence-corrected chi connectivity index (χ3v) is 7.37. The van der Waals surface area contributed by atoms with Crippen LogP contribution in [0.4, 0.5) is 0 Å². The Hall–Kier alpha value is -3.44. The molecular weight excluding hydrogens is 464 g/mol. The highest BCUT2D eigenvalue weighted by Crippen LogP contribution is 2.31. The van der Waals surface area contributed by atoms with Gasteiger partial charge in [-0.2, -0.15) is 0 Å². The molecule has 192 valence electrons. The fourth-order valence-electron chi connectivity index (χ4n) is 4.70. The van der Waals surface area contributed by atoms with Crippen molar-refractivity contribution < 1.29 is 9.84 Å². The summed E-state index contributed by atoms with van der Waals surface area (Å²) in [5.41, 5.74) is 3.87. The molecule has 2 heterocycles. The maximum absolute atomic E-state index is 11.9. The van der Waals surface area contributed by atoms with E-state index in [-0.39, 0.29) is 11.2 Å². The Morgan fingerprint density at radius 3 is 2.38 bits per heavy atom. The Bertz CT molecular complexity index is 1330. The van der Waals surface area contributed by atoms with Gasteiger partial charge in [-0.3, -0.25) is 9.69 Å². The molecule has 0 unspecified atom stereocenters. The van der Waals surface area contributed by atoms with Gasteiger partial charge in [0.2, 0.25) is 5.75 Å². The molecule has 0 amide bonds. The number of rotatable bonds is 9. The average molecular weight is 499 g/mol. The van der Waals surface area contributed by atoms with E-state index in [2.05, 4.69) is 75.3 Å². The van der Waals surface area contributed by atoms with Crippen molar-refractivity contribution in [3.05, 3.63) is 93.2 Å². The molecule has 0 bridgehead atoms. The van der Waals surface area contributed by atoms with Gasteiger partial charge in [-0.15, -0.1) is 0 Å². The van der Waals surface area contributed by atoms with Gasteiger partial charge in [-0.25, -0.2) is 4.98 Å². The molecule has 3 aromatic rings. The lowest BCUT2D eigenvalue weighted by Crippen LogP contribution is -2.50. The summed E-state index contributed by atoms with van der Waals surface area (Å²) >= 11 is 0. The third-order valence-electron chi connectivity index (χ3n) is 7.37. The van der Waals surface area contributed by atoms with Crippen molar-refractivity contribution in [2.45, 2.75) is 50.3 Å². The number of benzene rings is 2. The van der Waals surface area contributed by atoms with E-state index in [1.54, 1.807) is 7.11 Å². The van der Waals surface area contributed by atoms with E-state index in [9.17, 15) is 9.90 Å². The molecule has 5 rings (SSSR count). The quantitative estimate of drug-likeness (QED) is 0.393. The molecular formula is C30H34N4O3. The fourth-order valence-corrected chi connectivity index (χ4v) is 4.70. The second-order valence-electron chi connectivity index (χ2n) is 10.5. The minimum atomic E-state index is -0.513. The van der Waals surface area contributed by atoms with E-state index in [1.165, 1.54) is 24.7 Å². The summed E-state index contributed by atoms with van der Waals surface area (Å²) in [6.07, 6.45) is 4.54. The van der Waals surface area contributed by atoms with Gasteiger partial charge in [0, 0.05) is 62.3 Å². The first-order valence-corrected chi connectivity index (χ1v) is 12.9. The Morgan fingerprint density at radius 2 is 1.76 bits per heavy atom. The van der Waals surface area contributed by atoms with Crippen LogP contribution in [-0.4, -0.2) is 58.9 Å². The molecule has 7 nitrogen and oxygen atoms in total. The van der Waals surface area contributed by atoms with Crippen LogP contribution in [0, 0.1) is 11.8 Å². The van der Waals surface area contributed by atoms with Crippen LogP contribution in [0.1, 0.15) is 47.7 Å². The number of aromatic hydroxyl groups is 1. The van der Waals surface area contributed by atoms with Crippen molar-refractivity contribution in [2.24, 2.45) is 0 Å². The standard InChI is InChI=1S/C30H34N4O3/c1-30(19-31-25-13-14-25,15-27-28(35)29(36)33-20-32-27)24-11-9-22(10-12-24)4-3-21-5-7-23(8-6-21)16-34-17-26(18-34)37-2/h5-12,20,25-26,31,35H,13-19H2,1-2H3,(H,32,33,36)/t30-/m0/s1. The summed E-state index contributed by atoms with van der Waals surface area (Å²) in [5.74, 6) is 6.23. The van der Waals surface area contributed by atoms with Crippen molar-refractivity contribution in [1.82, 2.24) is 20.2 Å². The number of nitrogens with one attached hydrogen (secondary N) is 2. The zero-order chi connectivity index (χ0) is 25.8. The van der Waals surface area contributed by atoms with Crippen LogP contribution in [-0.2, 0) is 23.1 Å². The largest absolute Gasteiger partial charge is 0.502 e. The predicted octanol–water partition coefficient (Wildman–Crippen LogP) is 2.96. The van der Waals surface area contributed by atoms with Crippen LogP contribution in [0.3, 0.4) is 0 Å². The number of ether oxygens (including phenoxy) is 1. The van der Waals surface area contributed by atoms with Crippen LogP contribution in [0.15, 0.2) is 59.7 Å². The minimum absolute atomic E-state index is 0.308. The minimum Gasteiger partial charge on any atom is -0.502 e. The van der Waals surface area contributed by atoms with E-state index < -0.39 is 5.56 Å². The van der Waals surface area contributed by atoms with Gasteiger partial charge in [-0.1, -0.05) is 43.0 Å². The normalized spacial score (nSPS) is 17.5. The van der Waals surface area contributed by atoms with Gasteiger partial charge in [0.05, 0.1) is 18.1 Å².